The molecule has 7 nitrogen and oxygen atoms in total. The topological polar surface area (TPSA) is 90.1 Å². The summed E-state index contributed by atoms with van der Waals surface area (Å²) in [7, 11) is 2.09. The molecule has 0 bridgehead atoms. The maximum atomic E-state index is 12.6. The van der Waals surface area contributed by atoms with E-state index in [1.807, 2.05) is 32.0 Å². The molecule has 0 radical (unpaired) electrons. The Bertz CT molecular complexity index is 1250. The average Bonchev–Trinajstić information content (AvgIpc) is 2.83. The Morgan fingerprint density at radius 1 is 1.15 bits per heavy atom. The molecule has 0 aliphatic heterocycles. The lowest BCUT2D eigenvalue weighted by molar-refractivity contribution is 0.0977. The van der Waals surface area contributed by atoms with E-state index in [1.54, 1.807) is 24.3 Å². The number of aromatic amines is 1. The van der Waals surface area contributed by atoms with Gasteiger partial charge in [-0.05, 0) is 49.3 Å². The molecular formula is C26H31N5O2S. The van der Waals surface area contributed by atoms with E-state index in [-0.39, 0.29) is 22.5 Å². The van der Waals surface area contributed by atoms with Crippen LogP contribution >= 0.6 is 12.2 Å². The zero-order chi connectivity index (χ0) is 24.2. The smallest absolute Gasteiger partial charge is 0.270 e. The Labute approximate surface area is 205 Å². The van der Waals surface area contributed by atoms with Crippen molar-refractivity contribution < 1.29 is 4.79 Å². The van der Waals surface area contributed by atoms with Crippen LogP contribution in [0.5, 0.6) is 0 Å². The van der Waals surface area contributed by atoms with Crippen molar-refractivity contribution in [2.45, 2.75) is 57.9 Å². The fourth-order valence-corrected chi connectivity index (χ4v) is 4.71. The summed E-state index contributed by atoms with van der Waals surface area (Å²) < 4.78 is 0. The lowest BCUT2D eigenvalue weighted by Crippen LogP contribution is -2.36. The number of nitrogens with one attached hydrogen (secondary N) is 3. The van der Waals surface area contributed by atoms with E-state index in [2.05, 4.69) is 32.5 Å². The van der Waals surface area contributed by atoms with E-state index in [0.717, 1.165) is 24.0 Å². The van der Waals surface area contributed by atoms with Crippen molar-refractivity contribution in [1.82, 2.24) is 15.3 Å². The molecule has 1 amide bonds. The van der Waals surface area contributed by atoms with Gasteiger partial charge in [-0.25, -0.2) is 4.98 Å². The van der Waals surface area contributed by atoms with Gasteiger partial charge in [0, 0.05) is 24.6 Å². The molecule has 1 aromatic heterocycles. The fraction of sp³-hybridized carbons (Fsp3) is 0.385. The first kappa shape index (κ1) is 23.9. The quantitative estimate of drug-likeness (QED) is 0.451. The molecule has 1 fully saturated rings. The fourth-order valence-electron chi connectivity index (χ4n) is 4.50. The summed E-state index contributed by atoms with van der Waals surface area (Å²) in [5, 5.41) is 6.13. The lowest BCUT2D eigenvalue weighted by Gasteiger charge is -2.34. The van der Waals surface area contributed by atoms with Gasteiger partial charge in [0.1, 0.15) is 5.69 Å². The van der Waals surface area contributed by atoms with Crippen LogP contribution < -0.4 is 21.1 Å². The minimum absolute atomic E-state index is 0.0197. The predicted octanol–water partition coefficient (Wildman–Crippen LogP) is 4.94. The molecule has 3 aromatic rings. The molecule has 3 N–H and O–H groups in total. The summed E-state index contributed by atoms with van der Waals surface area (Å²) in [5.41, 5.74) is 3.85. The van der Waals surface area contributed by atoms with Crippen LogP contribution in [0.2, 0.25) is 0 Å². The molecule has 178 valence electrons. The number of H-pyrrole nitrogens is 1. The molecule has 8 heteroatoms. The summed E-state index contributed by atoms with van der Waals surface area (Å²) in [6.07, 6.45) is 5.93. The number of carbonyl (C=O) groups is 1. The number of anilines is 2. The first-order chi connectivity index (χ1) is 16.3. The van der Waals surface area contributed by atoms with Gasteiger partial charge >= 0.3 is 0 Å². The van der Waals surface area contributed by atoms with Crippen molar-refractivity contribution >= 4 is 45.6 Å². The Morgan fingerprint density at radius 3 is 2.53 bits per heavy atom. The van der Waals surface area contributed by atoms with Crippen molar-refractivity contribution in [3.63, 3.8) is 0 Å². The summed E-state index contributed by atoms with van der Waals surface area (Å²) >= 11 is 5.47. The van der Waals surface area contributed by atoms with Crippen LogP contribution in [-0.2, 0) is 0 Å². The van der Waals surface area contributed by atoms with Crippen LogP contribution in [0.25, 0.3) is 11.0 Å². The van der Waals surface area contributed by atoms with Crippen LogP contribution in [0, 0.1) is 0 Å². The molecule has 0 spiro atoms. The average molecular weight is 478 g/mol. The molecule has 1 aliphatic carbocycles. The number of nitrogens with zero attached hydrogens (tertiary/aromatic N) is 2. The summed E-state index contributed by atoms with van der Waals surface area (Å²) in [6, 6.07) is 13.2. The highest BCUT2D eigenvalue weighted by atomic mass is 32.1. The van der Waals surface area contributed by atoms with Gasteiger partial charge in [0.05, 0.1) is 22.4 Å². The molecule has 1 aliphatic rings. The number of hydrogen-bond acceptors (Lipinski definition) is 5. The highest BCUT2D eigenvalue weighted by molar-refractivity contribution is 7.80. The Hall–Kier alpha value is -3.26. The first-order valence-corrected chi connectivity index (χ1v) is 12.2. The predicted molar refractivity (Wildman–Crippen MR) is 142 cm³/mol. The SMILES string of the molecule is CC(C)c1nc2cc(N(C)C3CCCCC3)c(NC(=S)NC(=O)c3ccccc3)cc2[nH]c1=O. The summed E-state index contributed by atoms with van der Waals surface area (Å²) in [4.78, 5) is 35.0. The van der Waals surface area contributed by atoms with Gasteiger partial charge in [-0.15, -0.1) is 0 Å². The standard InChI is InChI=1S/C26H31N5O2S/c1-16(2)23-25(33)28-19-14-21(29-26(34)30-24(32)17-10-6-4-7-11-17)22(15-20(19)27-23)31(3)18-12-8-5-9-13-18/h4,6-7,10-11,14-16,18H,5,8-9,12-13H2,1-3H3,(H,28,33)(H2,29,30,32,34). The molecule has 0 saturated heterocycles. The van der Waals surface area contributed by atoms with Gasteiger partial charge < -0.3 is 15.2 Å². The van der Waals surface area contributed by atoms with E-state index < -0.39 is 0 Å². The Kier molecular flexibility index (Phi) is 7.26. The highest BCUT2D eigenvalue weighted by Crippen LogP contribution is 2.34. The summed E-state index contributed by atoms with van der Waals surface area (Å²) in [5.74, 6) is -0.260. The van der Waals surface area contributed by atoms with Crippen LogP contribution in [0.15, 0.2) is 47.3 Å². The molecule has 1 saturated carbocycles. The highest BCUT2D eigenvalue weighted by Gasteiger charge is 2.22. The lowest BCUT2D eigenvalue weighted by atomic mass is 9.94. The third-order valence-electron chi connectivity index (χ3n) is 6.40. The zero-order valence-electron chi connectivity index (χ0n) is 19.9. The molecule has 0 atom stereocenters. The number of amides is 1. The summed E-state index contributed by atoms with van der Waals surface area (Å²) in [6.45, 7) is 3.92. The Balaban J connectivity index is 1.69. The molecule has 1 heterocycles. The third kappa shape index (κ3) is 5.28. The van der Waals surface area contributed by atoms with Gasteiger partial charge in [-0.3, -0.25) is 14.9 Å². The molecular weight excluding hydrogens is 446 g/mol. The number of aromatic nitrogens is 2. The number of carbonyl (C=O) groups excluding carboxylic acids is 1. The van der Waals surface area contributed by atoms with Gasteiger partial charge in [0.25, 0.3) is 11.5 Å². The van der Waals surface area contributed by atoms with Crippen LogP contribution in [0.1, 0.15) is 67.9 Å². The van der Waals surface area contributed by atoms with Gasteiger partial charge in [-0.2, -0.15) is 0 Å². The van der Waals surface area contributed by atoms with Gasteiger partial charge in [0.15, 0.2) is 5.11 Å². The van der Waals surface area contributed by atoms with E-state index >= 15 is 0 Å². The van der Waals surface area contributed by atoms with Crippen LogP contribution in [-0.4, -0.2) is 34.1 Å². The normalized spacial score (nSPS) is 14.2. The van der Waals surface area contributed by atoms with Crippen molar-refractivity contribution in [3.05, 3.63) is 64.1 Å². The third-order valence-corrected chi connectivity index (χ3v) is 6.60. The van der Waals surface area contributed by atoms with Crippen LogP contribution in [0.3, 0.4) is 0 Å². The van der Waals surface area contributed by atoms with E-state index in [4.69, 9.17) is 12.2 Å². The first-order valence-electron chi connectivity index (χ1n) is 11.8. The van der Waals surface area contributed by atoms with E-state index in [0.29, 0.717) is 28.5 Å². The number of rotatable bonds is 5. The minimum Gasteiger partial charge on any atom is -0.370 e. The van der Waals surface area contributed by atoms with Gasteiger partial charge in [-0.1, -0.05) is 51.3 Å². The second-order valence-electron chi connectivity index (χ2n) is 9.17. The molecule has 2 aromatic carbocycles. The maximum absolute atomic E-state index is 12.6. The van der Waals surface area contributed by atoms with E-state index in [1.165, 1.54) is 19.3 Å². The van der Waals surface area contributed by atoms with Crippen molar-refractivity contribution in [3.8, 4) is 0 Å². The molecule has 0 unspecified atom stereocenters. The zero-order valence-corrected chi connectivity index (χ0v) is 20.7. The van der Waals surface area contributed by atoms with Crippen molar-refractivity contribution in [2.24, 2.45) is 0 Å². The molecule has 4 rings (SSSR count). The number of hydrogen-bond donors (Lipinski definition) is 3. The number of fused-ring (bicyclic) bond motifs is 1. The van der Waals surface area contributed by atoms with Gasteiger partial charge in [0.2, 0.25) is 0 Å². The second kappa shape index (κ2) is 10.3. The molecule has 34 heavy (non-hydrogen) atoms. The van der Waals surface area contributed by atoms with Crippen LogP contribution in [0.4, 0.5) is 11.4 Å². The van der Waals surface area contributed by atoms with Crippen molar-refractivity contribution in [2.75, 3.05) is 17.3 Å². The Morgan fingerprint density at radius 2 is 1.85 bits per heavy atom. The minimum atomic E-state index is -0.280. The number of benzene rings is 2. The van der Waals surface area contributed by atoms with E-state index in [9.17, 15) is 9.59 Å². The monoisotopic (exact) mass is 477 g/mol. The van der Waals surface area contributed by atoms with Crippen molar-refractivity contribution in [1.29, 1.82) is 0 Å². The largest absolute Gasteiger partial charge is 0.370 e. The maximum Gasteiger partial charge on any atom is 0.270 e. The second-order valence-corrected chi connectivity index (χ2v) is 9.58. The number of thiocarbonyl (C=S) groups is 1.